The van der Waals surface area contributed by atoms with Crippen LogP contribution < -0.4 is 5.32 Å². The summed E-state index contributed by atoms with van der Waals surface area (Å²) >= 11 is 1.47. The summed E-state index contributed by atoms with van der Waals surface area (Å²) in [6, 6.07) is -0.0506. The van der Waals surface area contributed by atoms with Gasteiger partial charge in [0.25, 0.3) is 5.91 Å². The monoisotopic (exact) mass is 320 g/mol. The lowest BCUT2D eigenvalue weighted by Crippen LogP contribution is -2.37. The SMILES string of the molecule is CCCc1ncc(C(=O)N[C@H]2CCO[C@@H]2c2nccn2C)s1. The highest BCUT2D eigenvalue weighted by atomic mass is 32.1. The Labute approximate surface area is 133 Å². The van der Waals surface area contributed by atoms with E-state index in [-0.39, 0.29) is 18.1 Å². The van der Waals surface area contributed by atoms with Crippen LogP contribution >= 0.6 is 11.3 Å². The fourth-order valence-electron chi connectivity index (χ4n) is 2.63. The van der Waals surface area contributed by atoms with E-state index < -0.39 is 0 Å². The summed E-state index contributed by atoms with van der Waals surface area (Å²) in [4.78, 5) is 21.7. The van der Waals surface area contributed by atoms with Crippen LogP contribution in [0.4, 0.5) is 0 Å². The molecule has 3 rings (SSSR count). The van der Waals surface area contributed by atoms with Gasteiger partial charge >= 0.3 is 0 Å². The molecular weight excluding hydrogens is 300 g/mol. The molecule has 1 saturated heterocycles. The summed E-state index contributed by atoms with van der Waals surface area (Å²) < 4.78 is 7.69. The third-order valence-electron chi connectivity index (χ3n) is 3.76. The summed E-state index contributed by atoms with van der Waals surface area (Å²) in [6.07, 6.45) is 7.85. The number of nitrogens with zero attached hydrogens (tertiary/aromatic N) is 3. The molecule has 0 saturated carbocycles. The molecule has 0 radical (unpaired) electrons. The number of aromatic nitrogens is 3. The highest BCUT2D eigenvalue weighted by molar-refractivity contribution is 7.13. The van der Waals surface area contributed by atoms with E-state index in [1.54, 1.807) is 12.4 Å². The molecule has 0 bridgehead atoms. The van der Waals surface area contributed by atoms with Crippen LogP contribution in [0.15, 0.2) is 18.6 Å². The fourth-order valence-corrected chi connectivity index (χ4v) is 3.55. The van der Waals surface area contributed by atoms with Gasteiger partial charge in [-0.05, 0) is 19.3 Å². The molecule has 0 aromatic carbocycles. The van der Waals surface area contributed by atoms with Crippen molar-refractivity contribution in [2.45, 2.75) is 38.3 Å². The number of thiazole rings is 1. The molecule has 2 aromatic rings. The van der Waals surface area contributed by atoms with Crippen LogP contribution in [0.3, 0.4) is 0 Å². The highest BCUT2D eigenvalue weighted by Crippen LogP contribution is 2.28. The van der Waals surface area contributed by atoms with Gasteiger partial charge in [-0.2, -0.15) is 0 Å². The molecule has 0 spiro atoms. The van der Waals surface area contributed by atoms with E-state index in [0.29, 0.717) is 11.5 Å². The van der Waals surface area contributed by atoms with Gasteiger partial charge in [-0.15, -0.1) is 11.3 Å². The maximum Gasteiger partial charge on any atom is 0.263 e. The van der Waals surface area contributed by atoms with Gasteiger partial charge < -0.3 is 14.6 Å². The van der Waals surface area contributed by atoms with Crippen LogP contribution in [0.1, 0.15) is 46.4 Å². The van der Waals surface area contributed by atoms with Gasteiger partial charge in [0.1, 0.15) is 16.8 Å². The zero-order valence-corrected chi connectivity index (χ0v) is 13.6. The predicted octanol–water partition coefficient (Wildman–Crippen LogP) is 2.09. The molecule has 22 heavy (non-hydrogen) atoms. The van der Waals surface area contributed by atoms with Gasteiger partial charge in [-0.1, -0.05) is 6.92 Å². The lowest BCUT2D eigenvalue weighted by atomic mass is 10.1. The fraction of sp³-hybridized carbons (Fsp3) is 0.533. The Morgan fingerprint density at radius 3 is 3.14 bits per heavy atom. The number of carbonyl (C=O) groups is 1. The summed E-state index contributed by atoms with van der Waals surface area (Å²) in [5.74, 6) is 0.772. The maximum absolute atomic E-state index is 12.4. The molecule has 3 heterocycles. The third-order valence-corrected chi connectivity index (χ3v) is 4.82. The first-order valence-electron chi connectivity index (χ1n) is 7.53. The lowest BCUT2D eigenvalue weighted by molar-refractivity contribution is 0.0781. The second-order valence-corrected chi connectivity index (χ2v) is 6.54. The average molecular weight is 320 g/mol. The molecule has 1 fully saturated rings. The zero-order chi connectivity index (χ0) is 15.5. The summed E-state index contributed by atoms with van der Waals surface area (Å²) in [7, 11) is 1.93. The Kier molecular flexibility index (Phi) is 4.54. The van der Waals surface area contributed by atoms with Crippen molar-refractivity contribution in [3.8, 4) is 0 Å². The van der Waals surface area contributed by atoms with Crippen molar-refractivity contribution in [3.63, 3.8) is 0 Å². The summed E-state index contributed by atoms with van der Waals surface area (Å²) in [6.45, 7) is 2.74. The number of carbonyl (C=O) groups excluding carboxylic acids is 1. The third kappa shape index (κ3) is 3.05. The van der Waals surface area contributed by atoms with Crippen LogP contribution in [-0.4, -0.2) is 33.1 Å². The minimum absolute atomic E-state index is 0.0506. The minimum atomic E-state index is -0.188. The Bertz CT molecular complexity index is 652. The molecule has 0 aliphatic carbocycles. The number of imidazole rings is 1. The van der Waals surface area contributed by atoms with Gasteiger partial charge in [-0.3, -0.25) is 4.79 Å². The quantitative estimate of drug-likeness (QED) is 0.916. The number of amides is 1. The number of nitrogens with one attached hydrogen (secondary N) is 1. The second kappa shape index (κ2) is 6.58. The normalized spacial score (nSPS) is 21.2. The smallest absolute Gasteiger partial charge is 0.263 e. The van der Waals surface area contributed by atoms with Crippen LogP contribution in [0.5, 0.6) is 0 Å². The van der Waals surface area contributed by atoms with Gasteiger partial charge in [-0.25, -0.2) is 9.97 Å². The van der Waals surface area contributed by atoms with Gasteiger partial charge in [0, 0.05) is 26.0 Å². The van der Waals surface area contributed by atoms with Crippen molar-refractivity contribution in [3.05, 3.63) is 34.3 Å². The average Bonchev–Trinajstić information content (AvgIpc) is 3.20. The standard InChI is InChI=1S/C15H20N4O2S/c1-3-4-12-17-9-11(22-12)15(20)18-10-5-8-21-13(10)14-16-6-7-19(14)2/h6-7,9-10,13H,3-5,8H2,1-2H3,(H,18,20)/t10-,13-/m0/s1. The van der Waals surface area contributed by atoms with E-state index in [0.717, 1.165) is 30.1 Å². The first kappa shape index (κ1) is 15.2. The molecule has 1 amide bonds. The molecule has 7 heteroatoms. The van der Waals surface area contributed by atoms with Crippen LogP contribution in [0.25, 0.3) is 0 Å². The van der Waals surface area contributed by atoms with Gasteiger partial charge in [0.05, 0.1) is 17.2 Å². The Morgan fingerprint density at radius 2 is 2.41 bits per heavy atom. The van der Waals surface area contributed by atoms with Crippen molar-refractivity contribution in [1.29, 1.82) is 0 Å². The van der Waals surface area contributed by atoms with Gasteiger partial charge in [0.2, 0.25) is 0 Å². The Balaban J connectivity index is 1.68. The van der Waals surface area contributed by atoms with Crippen molar-refractivity contribution < 1.29 is 9.53 Å². The summed E-state index contributed by atoms with van der Waals surface area (Å²) in [5, 5.41) is 4.08. The highest BCUT2D eigenvalue weighted by Gasteiger charge is 2.33. The maximum atomic E-state index is 12.4. The molecule has 1 aliphatic heterocycles. The lowest BCUT2D eigenvalue weighted by Gasteiger charge is -2.19. The van der Waals surface area contributed by atoms with Crippen molar-refractivity contribution in [2.24, 2.45) is 7.05 Å². The van der Waals surface area contributed by atoms with E-state index in [1.807, 2.05) is 17.8 Å². The van der Waals surface area contributed by atoms with Crippen LogP contribution in [0, 0.1) is 0 Å². The number of hydrogen-bond donors (Lipinski definition) is 1. The molecule has 2 atom stereocenters. The molecule has 6 nitrogen and oxygen atoms in total. The Hall–Kier alpha value is -1.73. The first-order chi connectivity index (χ1) is 10.7. The van der Waals surface area contributed by atoms with E-state index in [2.05, 4.69) is 22.2 Å². The Morgan fingerprint density at radius 1 is 1.55 bits per heavy atom. The molecule has 118 valence electrons. The molecule has 0 unspecified atom stereocenters. The van der Waals surface area contributed by atoms with E-state index in [1.165, 1.54) is 11.3 Å². The number of ether oxygens (including phenoxy) is 1. The zero-order valence-electron chi connectivity index (χ0n) is 12.8. The van der Waals surface area contributed by atoms with Crippen LogP contribution in [-0.2, 0) is 18.2 Å². The second-order valence-electron chi connectivity index (χ2n) is 5.42. The molecule has 1 aliphatic rings. The number of aryl methyl sites for hydroxylation is 2. The molecule has 1 N–H and O–H groups in total. The summed E-state index contributed by atoms with van der Waals surface area (Å²) in [5.41, 5.74) is 0. The number of rotatable bonds is 5. The van der Waals surface area contributed by atoms with Crippen LogP contribution in [0.2, 0.25) is 0 Å². The largest absolute Gasteiger partial charge is 0.368 e. The topological polar surface area (TPSA) is 69.0 Å². The van der Waals surface area contributed by atoms with Crippen molar-refractivity contribution in [1.82, 2.24) is 19.9 Å². The van der Waals surface area contributed by atoms with E-state index >= 15 is 0 Å². The molecule has 2 aromatic heterocycles. The molecular formula is C15H20N4O2S. The minimum Gasteiger partial charge on any atom is -0.368 e. The number of hydrogen-bond acceptors (Lipinski definition) is 5. The van der Waals surface area contributed by atoms with Crippen molar-refractivity contribution >= 4 is 17.2 Å². The van der Waals surface area contributed by atoms with E-state index in [4.69, 9.17) is 4.74 Å². The van der Waals surface area contributed by atoms with Gasteiger partial charge in [0.15, 0.2) is 0 Å². The predicted molar refractivity (Wildman–Crippen MR) is 83.9 cm³/mol. The van der Waals surface area contributed by atoms with Crippen molar-refractivity contribution in [2.75, 3.05) is 6.61 Å². The van der Waals surface area contributed by atoms with E-state index in [9.17, 15) is 4.79 Å². The first-order valence-corrected chi connectivity index (χ1v) is 8.35.